The summed E-state index contributed by atoms with van der Waals surface area (Å²) in [7, 11) is -3.48. The van der Waals surface area contributed by atoms with Gasteiger partial charge < -0.3 is 0 Å². The number of hydrogen-bond donors (Lipinski definition) is 1. The Morgan fingerprint density at radius 2 is 1.62 bits per heavy atom. The van der Waals surface area contributed by atoms with Crippen LogP contribution in [0.2, 0.25) is 0 Å². The molecule has 0 aromatic heterocycles. The minimum atomic E-state index is -3.48. The molecule has 4 nitrogen and oxygen atoms in total. The van der Waals surface area contributed by atoms with Gasteiger partial charge in [-0.05, 0) is 13.8 Å². The van der Waals surface area contributed by atoms with Crippen molar-refractivity contribution in [2.45, 2.75) is 39.9 Å². The highest BCUT2D eigenvalue weighted by Gasteiger charge is 2.27. The van der Waals surface area contributed by atoms with E-state index in [1.165, 1.54) is 13.8 Å². The minimum absolute atomic E-state index is 0.471. The normalized spacial score (nSPS) is 13.1. The van der Waals surface area contributed by atoms with E-state index in [2.05, 4.69) is 0 Å². The molecule has 0 aromatic carbocycles. The fourth-order valence-corrected chi connectivity index (χ4v) is 1.20. The highest BCUT2D eigenvalue weighted by atomic mass is 32.2. The zero-order valence-corrected chi connectivity index (χ0v) is 9.53. The van der Waals surface area contributed by atoms with Crippen molar-refractivity contribution in [3.05, 3.63) is 0 Å². The minimum Gasteiger partial charge on any atom is -0.273 e. The van der Waals surface area contributed by atoms with Gasteiger partial charge in [0.2, 0.25) is 15.9 Å². The second-order valence-electron chi connectivity index (χ2n) is 4.27. The molecule has 0 unspecified atom stereocenters. The molecule has 0 atom stereocenters. The standard InChI is InChI=1S/C8H17NO3S/c1-6(2)13(11,12)9-7(10)8(3,4)5/h6H,1-5H3,(H,9,10). The average Bonchev–Trinajstić information content (AvgIpc) is 1.83. The lowest BCUT2D eigenvalue weighted by atomic mass is 9.96. The van der Waals surface area contributed by atoms with Crippen molar-refractivity contribution >= 4 is 15.9 Å². The fraction of sp³-hybridized carbons (Fsp3) is 0.875. The van der Waals surface area contributed by atoms with Crippen molar-refractivity contribution in [2.75, 3.05) is 0 Å². The summed E-state index contributed by atoms with van der Waals surface area (Å²) in [4.78, 5) is 11.3. The van der Waals surface area contributed by atoms with Crippen molar-refractivity contribution in [1.29, 1.82) is 0 Å². The summed E-state index contributed by atoms with van der Waals surface area (Å²) in [6.07, 6.45) is 0. The van der Waals surface area contributed by atoms with Crippen LogP contribution in [0.1, 0.15) is 34.6 Å². The van der Waals surface area contributed by atoms with Gasteiger partial charge in [0.15, 0.2) is 0 Å². The third kappa shape index (κ3) is 3.76. The summed E-state index contributed by atoms with van der Waals surface area (Å²) >= 11 is 0. The monoisotopic (exact) mass is 207 g/mol. The Kier molecular flexibility index (Phi) is 3.49. The van der Waals surface area contributed by atoms with E-state index < -0.39 is 26.6 Å². The third-order valence-electron chi connectivity index (χ3n) is 1.54. The molecular weight excluding hydrogens is 190 g/mol. The first-order valence-corrected chi connectivity index (χ1v) is 5.68. The quantitative estimate of drug-likeness (QED) is 0.731. The lowest BCUT2D eigenvalue weighted by Gasteiger charge is -2.18. The zero-order valence-electron chi connectivity index (χ0n) is 8.71. The number of carbonyl (C=O) groups is 1. The van der Waals surface area contributed by atoms with Crippen LogP contribution in [-0.2, 0) is 14.8 Å². The van der Waals surface area contributed by atoms with Crippen molar-refractivity contribution in [3.63, 3.8) is 0 Å². The van der Waals surface area contributed by atoms with Gasteiger partial charge in [0.25, 0.3) is 0 Å². The summed E-state index contributed by atoms with van der Waals surface area (Å²) in [5.74, 6) is -0.471. The van der Waals surface area contributed by atoms with Crippen molar-refractivity contribution in [1.82, 2.24) is 4.72 Å². The van der Waals surface area contributed by atoms with E-state index in [9.17, 15) is 13.2 Å². The van der Waals surface area contributed by atoms with E-state index >= 15 is 0 Å². The maximum absolute atomic E-state index is 11.3. The lowest BCUT2D eigenvalue weighted by Crippen LogP contribution is -2.42. The van der Waals surface area contributed by atoms with Crippen molar-refractivity contribution in [3.8, 4) is 0 Å². The molecule has 0 aliphatic heterocycles. The topological polar surface area (TPSA) is 63.2 Å². The molecule has 0 aliphatic carbocycles. The van der Waals surface area contributed by atoms with Gasteiger partial charge in [0.1, 0.15) is 0 Å². The third-order valence-corrected chi connectivity index (χ3v) is 3.25. The van der Waals surface area contributed by atoms with Crippen molar-refractivity contribution in [2.24, 2.45) is 5.41 Å². The van der Waals surface area contributed by atoms with Crippen LogP contribution in [0.4, 0.5) is 0 Å². The predicted octanol–water partition coefficient (Wildman–Crippen LogP) is 0.887. The molecule has 78 valence electrons. The van der Waals surface area contributed by atoms with Crippen LogP contribution < -0.4 is 4.72 Å². The van der Waals surface area contributed by atoms with Gasteiger partial charge in [-0.3, -0.25) is 9.52 Å². The maximum atomic E-state index is 11.3. The Bertz CT molecular complexity index is 285. The summed E-state index contributed by atoms with van der Waals surface area (Å²) < 4.78 is 24.5. The molecule has 1 amide bonds. The molecular formula is C8H17NO3S. The molecule has 0 saturated heterocycles. The van der Waals surface area contributed by atoms with Crippen LogP contribution in [0.5, 0.6) is 0 Å². The van der Waals surface area contributed by atoms with Gasteiger partial charge in [-0.25, -0.2) is 8.42 Å². The number of sulfonamides is 1. The predicted molar refractivity (Wildman–Crippen MR) is 51.7 cm³/mol. The van der Waals surface area contributed by atoms with E-state index in [0.717, 1.165) is 0 Å². The molecule has 0 aromatic rings. The number of amides is 1. The SMILES string of the molecule is CC(C)S(=O)(=O)NC(=O)C(C)(C)C. The lowest BCUT2D eigenvalue weighted by molar-refractivity contribution is -0.126. The van der Waals surface area contributed by atoms with Gasteiger partial charge in [0.05, 0.1) is 5.25 Å². The van der Waals surface area contributed by atoms with Gasteiger partial charge >= 0.3 is 0 Å². The molecule has 5 heteroatoms. The molecule has 0 fully saturated rings. The summed E-state index contributed by atoms with van der Waals surface area (Å²) in [5, 5.41) is -0.584. The van der Waals surface area contributed by atoms with Crippen LogP contribution in [0.3, 0.4) is 0 Å². The van der Waals surface area contributed by atoms with E-state index in [-0.39, 0.29) is 0 Å². The number of rotatable bonds is 2. The van der Waals surface area contributed by atoms with E-state index in [1.807, 2.05) is 4.72 Å². The smallest absolute Gasteiger partial charge is 0.238 e. The van der Waals surface area contributed by atoms with Crippen LogP contribution in [0.15, 0.2) is 0 Å². The maximum Gasteiger partial charge on any atom is 0.238 e. The highest BCUT2D eigenvalue weighted by Crippen LogP contribution is 2.13. The van der Waals surface area contributed by atoms with Crippen LogP contribution in [0.25, 0.3) is 0 Å². The first kappa shape index (κ1) is 12.4. The molecule has 1 N–H and O–H groups in total. The van der Waals surface area contributed by atoms with Crippen LogP contribution >= 0.6 is 0 Å². The zero-order chi connectivity index (χ0) is 10.9. The van der Waals surface area contributed by atoms with E-state index in [0.29, 0.717) is 0 Å². The average molecular weight is 207 g/mol. The van der Waals surface area contributed by atoms with E-state index in [4.69, 9.17) is 0 Å². The van der Waals surface area contributed by atoms with Crippen LogP contribution in [0, 0.1) is 5.41 Å². The Hall–Kier alpha value is -0.580. The van der Waals surface area contributed by atoms with Gasteiger partial charge in [0, 0.05) is 5.41 Å². The largest absolute Gasteiger partial charge is 0.273 e. The Labute approximate surface area is 79.8 Å². The Morgan fingerprint density at radius 3 is 1.85 bits per heavy atom. The number of hydrogen-bond acceptors (Lipinski definition) is 3. The van der Waals surface area contributed by atoms with Crippen molar-refractivity contribution < 1.29 is 13.2 Å². The molecule has 0 aliphatic rings. The molecule has 0 spiro atoms. The molecule has 0 rings (SSSR count). The molecule has 0 bridgehead atoms. The molecule has 13 heavy (non-hydrogen) atoms. The van der Waals surface area contributed by atoms with Gasteiger partial charge in [-0.2, -0.15) is 0 Å². The second-order valence-corrected chi connectivity index (χ2v) is 6.51. The Balaban J connectivity index is 4.58. The van der Waals surface area contributed by atoms with Gasteiger partial charge in [-0.1, -0.05) is 20.8 Å². The molecule has 0 radical (unpaired) electrons. The first-order valence-electron chi connectivity index (χ1n) is 4.13. The van der Waals surface area contributed by atoms with Crippen LogP contribution in [-0.4, -0.2) is 19.6 Å². The van der Waals surface area contributed by atoms with E-state index in [1.54, 1.807) is 20.8 Å². The summed E-state index contributed by atoms with van der Waals surface area (Å²) in [5.41, 5.74) is -0.679. The summed E-state index contributed by atoms with van der Waals surface area (Å²) in [6.45, 7) is 8.05. The second kappa shape index (κ2) is 3.65. The fourth-order valence-electron chi connectivity index (χ4n) is 0.400. The molecule has 0 saturated carbocycles. The van der Waals surface area contributed by atoms with Gasteiger partial charge in [-0.15, -0.1) is 0 Å². The Morgan fingerprint density at radius 1 is 1.23 bits per heavy atom. The number of nitrogens with one attached hydrogen (secondary N) is 1. The highest BCUT2D eigenvalue weighted by molar-refractivity contribution is 7.90. The molecule has 0 heterocycles. The number of carbonyl (C=O) groups excluding carboxylic acids is 1. The first-order chi connectivity index (χ1) is 5.57. The summed E-state index contributed by atoms with van der Waals surface area (Å²) in [6, 6.07) is 0.